The number of anilines is 1. The fourth-order valence-electron chi connectivity index (χ4n) is 1.85. The van der Waals surface area contributed by atoms with Crippen molar-refractivity contribution in [2.75, 3.05) is 12.4 Å². The summed E-state index contributed by atoms with van der Waals surface area (Å²) >= 11 is 0. The van der Waals surface area contributed by atoms with Crippen molar-refractivity contribution in [3.8, 4) is 0 Å². The third-order valence-electron chi connectivity index (χ3n) is 2.90. The molecule has 2 rings (SSSR count). The Morgan fingerprint density at radius 3 is 3.05 bits per heavy atom. The van der Waals surface area contributed by atoms with Crippen LogP contribution in [0.5, 0.6) is 0 Å². The Morgan fingerprint density at radius 1 is 1.47 bits per heavy atom. The molecule has 5 heteroatoms. The van der Waals surface area contributed by atoms with Crippen LogP contribution < -0.4 is 5.32 Å². The zero-order chi connectivity index (χ0) is 13.7. The van der Waals surface area contributed by atoms with Crippen LogP contribution in [0.3, 0.4) is 0 Å². The number of carbonyl (C=O) groups excluding carboxylic acids is 1. The second-order valence-corrected chi connectivity index (χ2v) is 4.10. The van der Waals surface area contributed by atoms with Crippen LogP contribution in [0.2, 0.25) is 0 Å². The monoisotopic (exact) mass is 259 g/mol. The average Bonchev–Trinajstić information content (AvgIpc) is 2.92. The maximum absolute atomic E-state index is 11.4. The van der Waals surface area contributed by atoms with Gasteiger partial charge in [0.25, 0.3) is 0 Å². The molecule has 0 amide bonds. The van der Waals surface area contributed by atoms with E-state index in [1.165, 1.54) is 7.11 Å². The summed E-state index contributed by atoms with van der Waals surface area (Å²) in [6, 6.07) is 7.25. The molecular weight excluding hydrogens is 242 g/mol. The third-order valence-corrected chi connectivity index (χ3v) is 2.90. The number of ether oxygens (including phenoxy) is 1. The van der Waals surface area contributed by atoms with Gasteiger partial charge in [0, 0.05) is 18.4 Å². The van der Waals surface area contributed by atoms with Gasteiger partial charge >= 0.3 is 5.97 Å². The van der Waals surface area contributed by atoms with Crippen molar-refractivity contribution in [3.63, 3.8) is 0 Å². The minimum Gasteiger partial charge on any atom is -0.465 e. The smallest absolute Gasteiger partial charge is 0.337 e. The van der Waals surface area contributed by atoms with E-state index in [1.807, 2.05) is 24.7 Å². The number of aryl methyl sites for hydroxylation is 1. The fraction of sp³-hybridized carbons (Fsp3) is 0.286. The molecule has 0 radical (unpaired) electrons. The van der Waals surface area contributed by atoms with Gasteiger partial charge < -0.3 is 14.6 Å². The van der Waals surface area contributed by atoms with E-state index in [0.29, 0.717) is 12.1 Å². The van der Waals surface area contributed by atoms with Crippen LogP contribution in [0.25, 0.3) is 0 Å². The molecule has 0 aliphatic carbocycles. The number of nitrogens with zero attached hydrogens (tertiary/aromatic N) is 2. The van der Waals surface area contributed by atoms with E-state index in [1.54, 1.807) is 12.1 Å². The Hall–Kier alpha value is -2.30. The van der Waals surface area contributed by atoms with E-state index in [4.69, 9.17) is 4.74 Å². The standard InChI is InChI=1S/C14H17N3O2/c1-3-17-10-15-8-13(17)9-16-12-6-4-5-11(7-12)14(18)19-2/h4-8,10,16H,3,9H2,1-2H3. The summed E-state index contributed by atoms with van der Waals surface area (Å²) in [5, 5.41) is 3.27. The molecule has 5 nitrogen and oxygen atoms in total. The molecule has 0 atom stereocenters. The number of carbonyl (C=O) groups is 1. The van der Waals surface area contributed by atoms with Crippen molar-refractivity contribution in [2.24, 2.45) is 0 Å². The van der Waals surface area contributed by atoms with Gasteiger partial charge in [-0.05, 0) is 25.1 Å². The number of imidazole rings is 1. The van der Waals surface area contributed by atoms with Gasteiger partial charge in [-0.1, -0.05) is 6.07 Å². The van der Waals surface area contributed by atoms with E-state index < -0.39 is 0 Å². The molecule has 100 valence electrons. The molecule has 0 bridgehead atoms. The molecule has 1 heterocycles. The van der Waals surface area contributed by atoms with E-state index in [-0.39, 0.29) is 5.97 Å². The highest BCUT2D eigenvalue weighted by molar-refractivity contribution is 5.90. The molecule has 0 saturated carbocycles. The zero-order valence-electron chi connectivity index (χ0n) is 11.1. The number of rotatable bonds is 5. The van der Waals surface area contributed by atoms with Crippen LogP contribution in [0.1, 0.15) is 23.0 Å². The van der Waals surface area contributed by atoms with Crippen molar-refractivity contribution >= 4 is 11.7 Å². The second-order valence-electron chi connectivity index (χ2n) is 4.10. The van der Waals surface area contributed by atoms with Gasteiger partial charge in [-0.25, -0.2) is 9.78 Å². The van der Waals surface area contributed by atoms with Crippen molar-refractivity contribution < 1.29 is 9.53 Å². The summed E-state index contributed by atoms with van der Waals surface area (Å²) in [4.78, 5) is 15.5. The Labute approximate surface area is 112 Å². The summed E-state index contributed by atoms with van der Waals surface area (Å²) in [6.45, 7) is 3.63. The highest BCUT2D eigenvalue weighted by atomic mass is 16.5. The van der Waals surface area contributed by atoms with Crippen molar-refractivity contribution in [3.05, 3.63) is 48.0 Å². The van der Waals surface area contributed by atoms with E-state index >= 15 is 0 Å². The third kappa shape index (κ3) is 3.13. The molecule has 0 aliphatic heterocycles. The molecule has 1 aromatic carbocycles. The van der Waals surface area contributed by atoms with E-state index in [0.717, 1.165) is 17.9 Å². The summed E-state index contributed by atoms with van der Waals surface area (Å²) < 4.78 is 6.76. The summed E-state index contributed by atoms with van der Waals surface area (Å²) in [6.07, 6.45) is 3.64. The molecule has 2 aromatic rings. The number of hydrogen-bond acceptors (Lipinski definition) is 4. The van der Waals surface area contributed by atoms with E-state index in [2.05, 4.69) is 21.8 Å². The lowest BCUT2D eigenvalue weighted by Crippen LogP contribution is -2.07. The first-order valence-electron chi connectivity index (χ1n) is 6.16. The lowest BCUT2D eigenvalue weighted by molar-refractivity contribution is 0.0601. The molecule has 0 unspecified atom stereocenters. The van der Waals surface area contributed by atoms with Crippen molar-refractivity contribution in [2.45, 2.75) is 20.0 Å². The first kappa shape index (κ1) is 13.1. The lowest BCUT2D eigenvalue weighted by atomic mass is 10.2. The Kier molecular flexibility index (Phi) is 4.18. The quantitative estimate of drug-likeness (QED) is 0.837. The van der Waals surface area contributed by atoms with Crippen LogP contribution in [-0.2, 0) is 17.8 Å². The molecule has 1 N–H and O–H groups in total. The van der Waals surface area contributed by atoms with Crippen LogP contribution in [0.4, 0.5) is 5.69 Å². The van der Waals surface area contributed by atoms with Gasteiger partial charge in [0.15, 0.2) is 0 Å². The number of hydrogen-bond donors (Lipinski definition) is 1. The molecule has 19 heavy (non-hydrogen) atoms. The number of nitrogens with one attached hydrogen (secondary N) is 1. The first-order valence-corrected chi connectivity index (χ1v) is 6.16. The summed E-state index contributed by atoms with van der Waals surface area (Å²) in [7, 11) is 1.38. The SMILES string of the molecule is CCn1cncc1CNc1cccc(C(=O)OC)c1. The van der Waals surface area contributed by atoms with Crippen LogP contribution in [-0.4, -0.2) is 22.6 Å². The first-order chi connectivity index (χ1) is 9.24. The Balaban J connectivity index is 2.05. The normalized spacial score (nSPS) is 10.2. The molecule has 0 fully saturated rings. The minimum atomic E-state index is -0.331. The van der Waals surface area contributed by atoms with Crippen molar-refractivity contribution in [1.29, 1.82) is 0 Å². The minimum absolute atomic E-state index is 0.331. The van der Waals surface area contributed by atoms with Crippen LogP contribution in [0, 0.1) is 0 Å². The predicted molar refractivity (Wildman–Crippen MR) is 73.0 cm³/mol. The number of aromatic nitrogens is 2. The maximum Gasteiger partial charge on any atom is 0.337 e. The Bertz CT molecular complexity index is 563. The topological polar surface area (TPSA) is 56.2 Å². The van der Waals surface area contributed by atoms with Gasteiger partial charge in [-0.2, -0.15) is 0 Å². The fourth-order valence-corrected chi connectivity index (χ4v) is 1.85. The lowest BCUT2D eigenvalue weighted by Gasteiger charge is -2.09. The van der Waals surface area contributed by atoms with Gasteiger partial charge in [0.2, 0.25) is 0 Å². The predicted octanol–water partition coefficient (Wildman–Crippen LogP) is 2.30. The second kappa shape index (κ2) is 6.04. The van der Waals surface area contributed by atoms with Gasteiger partial charge in [-0.3, -0.25) is 0 Å². The largest absolute Gasteiger partial charge is 0.465 e. The highest BCUT2D eigenvalue weighted by Gasteiger charge is 2.06. The van der Waals surface area contributed by atoms with Crippen LogP contribution >= 0.6 is 0 Å². The molecule has 0 aliphatic rings. The molecule has 0 saturated heterocycles. The van der Waals surface area contributed by atoms with Crippen molar-refractivity contribution in [1.82, 2.24) is 9.55 Å². The number of methoxy groups -OCH3 is 1. The molecular formula is C14H17N3O2. The van der Waals surface area contributed by atoms with E-state index in [9.17, 15) is 4.79 Å². The van der Waals surface area contributed by atoms with Gasteiger partial charge in [0.1, 0.15) is 0 Å². The average molecular weight is 259 g/mol. The zero-order valence-corrected chi connectivity index (χ0v) is 11.1. The van der Waals surface area contributed by atoms with Gasteiger partial charge in [-0.15, -0.1) is 0 Å². The number of esters is 1. The summed E-state index contributed by atoms with van der Waals surface area (Å²) in [5.74, 6) is -0.331. The number of benzene rings is 1. The van der Waals surface area contributed by atoms with Crippen LogP contribution in [0.15, 0.2) is 36.8 Å². The highest BCUT2D eigenvalue weighted by Crippen LogP contribution is 2.13. The summed E-state index contributed by atoms with van der Waals surface area (Å²) in [5.41, 5.74) is 2.52. The maximum atomic E-state index is 11.4. The Morgan fingerprint density at radius 2 is 2.32 bits per heavy atom. The molecule has 1 aromatic heterocycles. The van der Waals surface area contributed by atoms with Gasteiger partial charge in [0.05, 0.1) is 31.2 Å². The molecule has 0 spiro atoms.